The van der Waals surface area contributed by atoms with E-state index in [1.54, 1.807) is 12.5 Å². The Balaban J connectivity index is 1.39. The quantitative estimate of drug-likeness (QED) is 0.514. The van der Waals surface area contributed by atoms with Gasteiger partial charge in [0.05, 0.1) is 6.10 Å². The third-order valence-electron chi connectivity index (χ3n) is 6.95. The summed E-state index contributed by atoms with van der Waals surface area (Å²) in [5, 5.41) is 15.5. The molecule has 0 amide bonds. The Labute approximate surface area is 209 Å². The molecular weight excluding hydrogens is 460 g/mol. The van der Waals surface area contributed by atoms with Gasteiger partial charge in [-0.25, -0.2) is 9.97 Å². The van der Waals surface area contributed by atoms with Crippen LogP contribution in [0.3, 0.4) is 0 Å². The molecule has 0 spiro atoms. The second-order valence-electron chi connectivity index (χ2n) is 10.0. The van der Waals surface area contributed by atoms with E-state index in [-0.39, 0.29) is 6.10 Å². The lowest BCUT2D eigenvalue weighted by molar-refractivity contribution is 0.145. The van der Waals surface area contributed by atoms with Gasteiger partial charge in [0.15, 0.2) is 0 Å². The number of pyridine rings is 1. The van der Waals surface area contributed by atoms with E-state index >= 15 is 0 Å². The van der Waals surface area contributed by atoms with E-state index in [2.05, 4.69) is 52.1 Å². The van der Waals surface area contributed by atoms with E-state index in [1.165, 1.54) is 16.6 Å². The number of piperidine rings is 1. The molecule has 0 unspecified atom stereocenters. The van der Waals surface area contributed by atoms with Crippen LogP contribution >= 0.6 is 0 Å². The van der Waals surface area contributed by atoms with E-state index in [9.17, 15) is 9.32 Å². The molecule has 2 aliphatic heterocycles. The van der Waals surface area contributed by atoms with E-state index < -0.39 is 10.8 Å². The molecule has 0 radical (unpaired) electrons. The summed E-state index contributed by atoms with van der Waals surface area (Å²) >= 11 is 0. The summed E-state index contributed by atoms with van der Waals surface area (Å²) in [4.78, 5) is 18.3. The van der Waals surface area contributed by atoms with Gasteiger partial charge in [0.1, 0.15) is 11.6 Å². The predicted molar refractivity (Wildman–Crippen MR) is 143 cm³/mol. The summed E-state index contributed by atoms with van der Waals surface area (Å²) in [6.45, 7) is 7.81. The molecule has 0 saturated carbocycles. The summed E-state index contributed by atoms with van der Waals surface area (Å²) in [7, 11) is -0.752. The molecule has 9 heteroatoms. The summed E-state index contributed by atoms with van der Waals surface area (Å²) in [5.41, 5.74) is 2.48. The zero-order valence-corrected chi connectivity index (χ0v) is 21.5. The topological polar surface area (TPSA) is 94.5 Å². The monoisotopic (exact) mass is 494 g/mol. The van der Waals surface area contributed by atoms with Crippen molar-refractivity contribution in [2.24, 2.45) is 5.92 Å². The Kier molecular flexibility index (Phi) is 6.88. The lowest BCUT2D eigenvalue weighted by atomic mass is 9.93. The van der Waals surface area contributed by atoms with Crippen molar-refractivity contribution >= 4 is 44.8 Å². The van der Waals surface area contributed by atoms with Gasteiger partial charge in [-0.15, -0.1) is 0 Å². The molecular formula is C26H34N6O2S. The molecule has 5 rings (SSSR count). The Morgan fingerprint density at radius 1 is 1.09 bits per heavy atom. The van der Waals surface area contributed by atoms with Gasteiger partial charge < -0.3 is 20.2 Å². The van der Waals surface area contributed by atoms with Gasteiger partial charge in [0.25, 0.3) is 0 Å². The SMILES string of the molecule is CC(C)c1ccc(N2CC(C[S@](C)=O)C2)c2cnc(Nc3ccnc(N4CCC(O)CC4)n3)cc12. The number of rotatable bonds is 7. The standard InChI is InChI=1S/C26H34N6O2S/c1-17(2)20-4-5-23(32-14-18(15-32)16-35(3)34)22-13-28-25(12-21(20)22)29-24-6-9-27-26(30-24)31-10-7-19(33)8-11-31/h4-6,9,12-13,17-19,33H,7-8,10-11,14-16H2,1-3H3,(H,27,28,29,30)/t35-/m0/s1. The van der Waals surface area contributed by atoms with Crippen LogP contribution in [0.4, 0.5) is 23.3 Å². The van der Waals surface area contributed by atoms with Crippen LogP contribution in [0, 0.1) is 5.92 Å². The number of aromatic nitrogens is 3. The molecule has 2 aliphatic rings. The van der Waals surface area contributed by atoms with E-state index in [1.807, 2.05) is 12.3 Å². The lowest BCUT2D eigenvalue weighted by Gasteiger charge is -2.41. The van der Waals surface area contributed by atoms with Crippen LogP contribution in [0.5, 0.6) is 0 Å². The van der Waals surface area contributed by atoms with Gasteiger partial charge in [-0.2, -0.15) is 4.98 Å². The number of hydrogen-bond acceptors (Lipinski definition) is 8. The van der Waals surface area contributed by atoms with Crippen LogP contribution in [-0.4, -0.2) is 68.6 Å². The number of nitrogens with zero attached hydrogens (tertiary/aromatic N) is 5. The maximum atomic E-state index is 11.6. The molecule has 4 heterocycles. The van der Waals surface area contributed by atoms with Crippen LogP contribution in [0.1, 0.15) is 38.2 Å². The molecule has 2 aromatic heterocycles. The molecule has 35 heavy (non-hydrogen) atoms. The fourth-order valence-electron chi connectivity index (χ4n) is 5.07. The Hall–Kier alpha value is -2.78. The summed E-state index contributed by atoms with van der Waals surface area (Å²) in [6, 6.07) is 8.40. The number of hydrogen-bond donors (Lipinski definition) is 2. The average molecular weight is 495 g/mol. The van der Waals surface area contributed by atoms with Crippen molar-refractivity contribution in [2.75, 3.05) is 53.3 Å². The zero-order valence-electron chi connectivity index (χ0n) is 20.6. The van der Waals surface area contributed by atoms with Crippen molar-refractivity contribution in [3.63, 3.8) is 0 Å². The van der Waals surface area contributed by atoms with Crippen molar-refractivity contribution < 1.29 is 9.32 Å². The minimum absolute atomic E-state index is 0.229. The van der Waals surface area contributed by atoms with Crippen molar-refractivity contribution in [1.29, 1.82) is 0 Å². The largest absolute Gasteiger partial charge is 0.393 e. The molecule has 0 bridgehead atoms. The first-order valence-corrected chi connectivity index (χ1v) is 14.1. The number of aliphatic hydroxyl groups is 1. The number of aliphatic hydroxyl groups excluding tert-OH is 1. The van der Waals surface area contributed by atoms with Gasteiger partial charge in [0.2, 0.25) is 5.95 Å². The first-order valence-electron chi connectivity index (χ1n) is 12.4. The molecule has 1 atom stereocenters. The highest BCUT2D eigenvalue weighted by molar-refractivity contribution is 7.84. The van der Waals surface area contributed by atoms with Crippen molar-refractivity contribution in [2.45, 2.75) is 38.7 Å². The van der Waals surface area contributed by atoms with E-state index in [0.717, 1.165) is 56.0 Å². The maximum absolute atomic E-state index is 11.6. The van der Waals surface area contributed by atoms with Crippen LogP contribution in [-0.2, 0) is 10.8 Å². The summed E-state index contributed by atoms with van der Waals surface area (Å²) in [6.07, 6.45) is 6.75. The van der Waals surface area contributed by atoms with Gasteiger partial charge in [-0.05, 0) is 47.9 Å². The predicted octanol–water partition coefficient (Wildman–Crippen LogP) is 3.67. The minimum atomic E-state index is -0.752. The molecule has 8 nitrogen and oxygen atoms in total. The maximum Gasteiger partial charge on any atom is 0.227 e. The highest BCUT2D eigenvalue weighted by atomic mass is 32.2. The van der Waals surface area contributed by atoms with Crippen LogP contribution in [0.15, 0.2) is 36.7 Å². The first kappa shape index (κ1) is 23.9. The van der Waals surface area contributed by atoms with Crippen molar-refractivity contribution in [1.82, 2.24) is 15.0 Å². The number of fused-ring (bicyclic) bond motifs is 1. The smallest absolute Gasteiger partial charge is 0.227 e. The number of nitrogens with one attached hydrogen (secondary N) is 1. The van der Waals surface area contributed by atoms with E-state index in [4.69, 9.17) is 9.97 Å². The van der Waals surface area contributed by atoms with Crippen LogP contribution in [0.25, 0.3) is 10.8 Å². The second-order valence-corrected chi connectivity index (χ2v) is 11.5. The van der Waals surface area contributed by atoms with Crippen LogP contribution < -0.4 is 15.1 Å². The van der Waals surface area contributed by atoms with Gasteiger partial charge >= 0.3 is 0 Å². The molecule has 1 aromatic carbocycles. The minimum Gasteiger partial charge on any atom is -0.393 e. The Morgan fingerprint density at radius 3 is 2.57 bits per heavy atom. The molecule has 2 saturated heterocycles. The van der Waals surface area contributed by atoms with Gasteiger partial charge in [-0.1, -0.05) is 19.9 Å². The average Bonchev–Trinajstić information content (AvgIpc) is 2.81. The van der Waals surface area contributed by atoms with Gasteiger partial charge in [0, 0.05) is 78.4 Å². The fourth-order valence-corrected chi connectivity index (χ4v) is 5.94. The summed E-state index contributed by atoms with van der Waals surface area (Å²) in [5.74, 6) is 3.77. The Morgan fingerprint density at radius 2 is 1.86 bits per heavy atom. The molecule has 0 aliphatic carbocycles. The van der Waals surface area contributed by atoms with Crippen molar-refractivity contribution in [3.05, 3.63) is 42.2 Å². The van der Waals surface area contributed by atoms with Crippen molar-refractivity contribution in [3.8, 4) is 0 Å². The Bertz CT molecular complexity index is 1220. The zero-order chi connectivity index (χ0) is 24.5. The molecule has 2 N–H and O–H groups in total. The highest BCUT2D eigenvalue weighted by Gasteiger charge is 2.29. The summed E-state index contributed by atoms with van der Waals surface area (Å²) < 4.78 is 11.6. The normalized spacial score (nSPS) is 18.2. The van der Waals surface area contributed by atoms with Gasteiger partial charge in [-0.3, -0.25) is 4.21 Å². The third-order valence-corrected chi connectivity index (χ3v) is 7.89. The number of benzene rings is 1. The molecule has 186 valence electrons. The molecule has 3 aromatic rings. The highest BCUT2D eigenvalue weighted by Crippen LogP contribution is 2.37. The van der Waals surface area contributed by atoms with Crippen LogP contribution in [0.2, 0.25) is 0 Å². The molecule has 2 fully saturated rings. The first-order chi connectivity index (χ1) is 16.9. The third kappa shape index (κ3) is 5.26. The second kappa shape index (κ2) is 10.1. The number of anilines is 4. The fraction of sp³-hybridized carbons (Fsp3) is 0.500. The van der Waals surface area contributed by atoms with E-state index in [0.29, 0.717) is 23.6 Å². The lowest BCUT2D eigenvalue weighted by Crippen LogP contribution is -2.49.